The second kappa shape index (κ2) is 5.81. The van der Waals surface area contributed by atoms with Gasteiger partial charge in [0.05, 0.1) is 5.57 Å². The molecule has 0 fully saturated rings. The lowest BCUT2D eigenvalue weighted by molar-refractivity contribution is 0.345. The molecule has 0 radical (unpaired) electrons. The standard InChI is InChI=1S/C9H9F3O6P2/c10-6-3-1-2-5(4-6)7(8(11)12)9(19(13,14)15)20(16,17)18/h1-4,9H,(H2,13,14,15)(H2,16,17,18). The van der Waals surface area contributed by atoms with Crippen LogP contribution in [0.2, 0.25) is 0 Å². The Labute approximate surface area is 110 Å². The zero-order valence-electron chi connectivity index (χ0n) is 9.52. The molecule has 0 unspecified atom stereocenters. The zero-order chi connectivity index (χ0) is 15.7. The van der Waals surface area contributed by atoms with Crippen molar-refractivity contribution < 1.29 is 41.9 Å². The summed E-state index contributed by atoms with van der Waals surface area (Å²) in [5.74, 6) is -1.00. The highest BCUT2D eigenvalue weighted by molar-refractivity contribution is 7.71. The van der Waals surface area contributed by atoms with Crippen LogP contribution in [-0.2, 0) is 9.13 Å². The maximum atomic E-state index is 13.0. The van der Waals surface area contributed by atoms with Gasteiger partial charge in [-0.3, -0.25) is 9.13 Å². The maximum absolute atomic E-state index is 13.0. The highest BCUT2D eigenvalue weighted by Crippen LogP contribution is 2.65. The number of benzene rings is 1. The van der Waals surface area contributed by atoms with Crippen molar-refractivity contribution in [3.63, 3.8) is 0 Å². The van der Waals surface area contributed by atoms with Gasteiger partial charge >= 0.3 is 15.2 Å². The number of allylic oxidation sites excluding steroid dienone is 1. The molecule has 1 rings (SSSR count). The predicted molar refractivity (Wildman–Crippen MR) is 63.4 cm³/mol. The van der Waals surface area contributed by atoms with Crippen LogP contribution in [-0.4, -0.2) is 25.0 Å². The first-order valence-corrected chi connectivity index (χ1v) is 8.22. The van der Waals surface area contributed by atoms with Crippen LogP contribution in [0.4, 0.5) is 13.2 Å². The molecule has 112 valence electrons. The third-order valence-electron chi connectivity index (χ3n) is 2.23. The fourth-order valence-corrected chi connectivity index (χ4v) is 4.28. The zero-order valence-corrected chi connectivity index (χ0v) is 11.3. The van der Waals surface area contributed by atoms with Gasteiger partial charge in [-0.15, -0.1) is 0 Å². The Morgan fingerprint density at radius 1 is 1.05 bits per heavy atom. The van der Waals surface area contributed by atoms with E-state index < -0.39 is 43.6 Å². The lowest BCUT2D eigenvalue weighted by atomic mass is 10.1. The van der Waals surface area contributed by atoms with Gasteiger partial charge < -0.3 is 19.6 Å². The van der Waals surface area contributed by atoms with Gasteiger partial charge in [-0.2, -0.15) is 8.78 Å². The summed E-state index contributed by atoms with van der Waals surface area (Å²) in [6.45, 7) is 0. The van der Waals surface area contributed by atoms with Gasteiger partial charge in [0.15, 0.2) is 5.40 Å². The molecule has 1 aromatic carbocycles. The van der Waals surface area contributed by atoms with Gasteiger partial charge in [0.2, 0.25) is 0 Å². The van der Waals surface area contributed by atoms with E-state index in [2.05, 4.69) is 0 Å². The van der Waals surface area contributed by atoms with Crippen molar-refractivity contribution in [3.05, 3.63) is 41.7 Å². The third kappa shape index (κ3) is 4.02. The lowest BCUT2D eigenvalue weighted by Gasteiger charge is -2.22. The average molecular weight is 332 g/mol. The van der Waals surface area contributed by atoms with E-state index in [1.54, 1.807) is 0 Å². The summed E-state index contributed by atoms with van der Waals surface area (Å²) in [6.07, 6.45) is -2.72. The summed E-state index contributed by atoms with van der Waals surface area (Å²) in [4.78, 5) is 35.7. The Kier molecular flexibility index (Phi) is 4.97. The van der Waals surface area contributed by atoms with E-state index >= 15 is 0 Å². The summed E-state index contributed by atoms with van der Waals surface area (Å²) in [7, 11) is -11.2. The van der Waals surface area contributed by atoms with Gasteiger partial charge in [-0.25, -0.2) is 4.39 Å². The van der Waals surface area contributed by atoms with Crippen molar-refractivity contribution in [1.29, 1.82) is 0 Å². The van der Waals surface area contributed by atoms with Crippen LogP contribution in [0.15, 0.2) is 30.3 Å². The fraction of sp³-hybridized carbons (Fsp3) is 0.111. The molecule has 0 saturated heterocycles. The minimum Gasteiger partial charge on any atom is -0.324 e. The monoisotopic (exact) mass is 332 g/mol. The molecular formula is C9H9F3O6P2. The molecule has 0 spiro atoms. The minimum absolute atomic E-state index is 0.493. The minimum atomic E-state index is -5.61. The first kappa shape index (κ1) is 17.1. The third-order valence-corrected chi connectivity index (χ3v) is 5.83. The summed E-state index contributed by atoms with van der Waals surface area (Å²) >= 11 is 0. The molecule has 1 aromatic rings. The number of halogens is 3. The van der Waals surface area contributed by atoms with Crippen LogP contribution < -0.4 is 0 Å². The molecule has 0 aliphatic heterocycles. The Hall–Kier alpha value is -0.950. The maximum Gasteiger partial charge on any atom is 0.345 e. The first-order valence-electron chi connectivity index (χ1n) is 4.86. The highest BCUT2D eigenvalue weighted by Gasteiger charge is 2.48. The van der Waals surface area contributed by atoms with Crippen LogP contribution in [0.5, 0.6) is 0 Å². The molecule has 6 nitrogen and oxygen atoms in total. The molecule has 0 amide bonds. The van der Waals surface area contributed by atoms with Crippen molar-refractivity contribution in [1.82, 2.24) is 0 Å². The molecule has 0 heterocycles. The first-order chi connectivity index (χ1) is 8.94. The highest BCUT2D eigenvalue weighted by atomic mass is 31.2. The SMILES string of the molecule is O=P(O)(O)C(C(=C(F)F)c1cccc(F)c1)P(=O)(O)O. The summed E-state index contributed by atoms with van der Waals surface area (Å²) in [6, 6.07) is 3.19. The van der Waals surface area contributed by atoms with Gasteiger partial charge in [-0.1, -0.05) is 12.1 Å². The quantitative estimate of drug-likeness (QED) is 0.628. The van der Waals surface area contributed by atoms with Gasteiger partial charge in [0.1, 0.15) is 5.82 Å². The normalized spacial score (nSPS) is 12.6. The molecule has 0 saturated carbocycles. The smallest absolute Gasteiger partial charge is 0.324 e. The summed E-state index contributed by atoms with van der Waals surface area (Å²) in [5, 5.41) is -3.05. The Morgan fingerprint density at radius 3 is 1.90 bits per heavy atom. The van der Waals surface area contributed by atoms with Crippen LogP contribution in [0.1, 0.15) is 5.56 Å². The van der Waals surface area contributed by atoms with E-state index in [4.69, 9.17) is 19.6 Å². The molecule has 0 aliphatic rings. The average Bonchev–Trinajstić information content (AvgIpc) is 2.21. The molecule has 4 N–H and O–H groups in total. The molecule has 0 aliphatic carbocycles. The number of rotatable bonds is 4. The van der Waals surface area contributed by atoms with Crippen molar-refractivity contribution >= 4 is 20.8 Å². The van der Waals surface area contributed by atoms with Crippen LogP contribution >= 0.6 is 15.2 Å². The van der Waals surface area contributed by atoms with E-state index in [0.29, 0.717) is 6.07 Å². The predicted octanol–water partition coefficient (Wildman–Crippen LogP) is 2.11. The Bertz CT molecular complexity index is 608. The fourth-order valence-electron chi connectivity index (χ4n) is 1.54. The van der Waals surface area contributed by atoms with Crippen LogP contribution in [0.3, 0.4) is 0 Å². The summed E-state index contributed by atoms with van der Waals surface area (Å²) < 4.78 is 61.0. The molecule has 0 aromatic heterocycles. The van der Waals surface area contributed by atoms with E-state index in [1.165, 1.54) is 0 Å². The Balaban J connectivity index is 3.60. The van der Waals surface area contributed by atoms with Gasteiger partial charge in [-0.05, 0) is 17.7 Å². The van der Waals surface area contributed by atoms with Crippen molar-refractivity contribution in [2.45, 2.75) is 5.40 Å². The molecule has 11 heteroatoms. The molecule has 0 bridgehead atoms. The van der Waals surface area contributed by atoms with Gasteiger partial charge in [0.25, 0.3) is 6.08 Å². The number of hydrogen-bond donors (Lipinski definition) is 4. The molecule has 0 atom stereocenters. The van der Waals surface area contributed by atoms with Crippen LogP contribution in [0, 0.1) is 5.82 Å². The lowest BCUT2D eigenvalue weighted by Crippen LogP contribution is -2.13. The number of hydrogen-bond acceptors (Lipinski definition) is 2. The second-order valence-corrected chi connectivity index (χ2v) is 7.53. The van der Waals surface area contributed by atoms with Gasteiger partial charge in [0, 0.05) is 0 Å². The molecule has 20 heavy (non-hydrogen) atoms. The topological polar surface area (TPSA) is 115 Å². The van der Waals surface area contributed by atoms with Crippen molar-refractivity contribution in [2.24, 2.45) is 0 Å². The second-order valence-electron chi connectivity index (χ2n) is 3.74. The largest absolute Gasteiger partial charge is 0.345 e. The Morgan fingerprint density at radius 2 is 1.55 bits per heavy atom. The van der Waals surface area contributed by atoms with E-state index in [0.717, 1.165) is 18.2 Å². The summed E-state index contributed by atoms with van der Waals surface area (Å²) in [5.41, 5.74) is -2.30. The molecular weight excluding hydrogens is 323 g/mol. The van der Waals surface area contributed by atoms with E-state index in [-0.39, 0.29) is 0 Å². The van der Waals surface area contributed by atoms with E-state index in [1.807, 2.05) is 0 Å². The van der Waals surface area contributed by atoms with E-state index in [9.17, 15) is 22.3 Å². The van der Waals surface area contributed by atoms with Crippen molar-refractivity contribution in [2.75, 3.05) is 0 Å². The van der Waals surface area contributed by atoms with Crippen LogP contribution in [0.25, 0.3) is 5.57 Å². The van der Waals surface area contributed by atoms with Crippen molar-refractivity contribution in [3.8, 4) is 0 Å².